The molecule has 0 saturated heterocycles. The van der Waals surface area contributed by atoms with Gasteiger partial charge in [0.05, 0.1) is 0 Å². The molecule has 6 nitrogen and oxygen atoms in total. The molecule has 6 heteroatoms. The number of hydrogen-bond donors (Lipinski definition) is 3. The molecule has 0 aromatic carbocycles. The number of nitrogens with two attached hydrogens (primary N) is 1. The van der Waals surface area contributed by atoms with Crippen molar-refractivity contribution >= 4 is 11.7 Å². The molecule has 1 rings (SSSR count). The van der Waals surface area contributed by atoms with Gasteiger partial charge in [0.2, 0.25) is 5.91 Å². The van der Waals surface area contributed by atoms with Crippen molar-refractivity contribution in [3.8, 4) is 0 Å². The van der Waals surface area contributed by atoms with E-state index >= 15 is 0 Å². The van der Waals surface area contributed by atoms with Crippen LogP contribution in [0.3, 0.4) is 0 Å². The standard InChI is InChI=1S/C11H22N4O2/c1-15(2)13-10(16)11(9(12)14-17)7-5-3-4-6-8-11/h17H,3-8H2,1-2H3,(H2,12,14)(H,13,16). The molecule has 1 saturated carbocycles. The third-order valence-electron chi connectivity index (χ3n) is 3.31. The molecule has 0 bridgehead atoms. The molecule has 0 aliphatic heterocycles. The van der Waals surface area contributed by atoms with E-state index in [0.717, 1.165) is 25.7 Å². The van der Waals surface area contributed by atoms with Gasteiger partial charge in [0.25, 0.3) is 0 Å². The highest BCUT2D eigenvalue weighted by Crippen LogP contribution is 2.35. The summed E-state index contributed by atoms with van der Waals surface area (Å²) in [5.74, 6) is -0.154. The zero-order valence-corrected chi connectivity index (χ0v) is 10.6. The van der Waals surface area contributed by atoms with Gasteiger partial charge >= 0.3 is 0 Å². The lowest BCUT2D eigenvalue weighted by molar-refractivity contribution is -0.132. The molecule has 17 heavy (non-hydrogen) atoms. The Morgan fingerprint density at radius 1 is 1.29 bits per heavy atom. The number of amidine groups is 1. The zero-order valence-electron chi connectivity index (χ0n) is 10.6. The number of carbonyl (C=O) groups excluding carboxylic acids is 1. The molecule has 0 heterocycles. The predicted molar refractivity (Wildman–Crippen MR) is 65.4 cm³/mol. The summed E-state index contributed by atoms with van der Waals surface area (Å²) in [4.78, 5) is 12.3. The lowest BCUT2D eigenvalue weighted by Crippen LogP contribution is -2.52. The van der Waals surface area contributed by atoms with Crippen LogP contribution in [-0.4, -0.2) is 36.1 Å². The molecule has 1 aliphatic rings. The normalized spacial score (nSPS) is 21.0. The first kappa shape index (κ1) is 13.8. The van der Waals surface area contributed by atoms with E-state index in [1.807, 2.05) is 0 Å². The van der Waals surface area contributed by atoms with Crippen molar-refractivity contribution in [3.63, 3.8) is 0 Å². The van der Waals surface area contributed by atoms with Gasteiger partial charge in [-0.3, -0.25) is 10.2 Å². The average Bonchev–Trinajstić information content (AvgIpc) is 2.53. The molecule has 1 amide bonds. The highest BCUT2D eigenvalue weighted by molar-refractivity contribution is 6.06. The second kappa shape index (κ2) is 5.86. The Morgan fingerprint density at radius 3 is 2.24 bits per heavy atom. The number of hydrogen-bond acceptors (Lipinski definition) is 4. The van der Waals surface area contributed by atoms with Gasteiger partial charge in [0.1, 0.15) is 5.41 Å². The highest BCUT2D eigenvalue weighted by atomic mass is 16.4. The quantitative estimate of drug-likeness (QED) is 0.223. The van der Waals surface area contributed by atoms with Crippen molar-refractivity contribution in [2.24, 2.45) is 16.3 Å². The fraction of sp³-hybridized carbons (Fsp3) is 0.818. The number of hydrazine groups is 1. The maximum absolute atomic E-state index is 12.3. The first-order valence-corrected chi connectivity index (χ1v) is 5.99. The van der Waals surface area contributed by atoms with Gasteiger partial charge in [0.15, 0.2) is 5.84 Å². The smallest absolute Gasteiger partial charge is 0.248 e. The first-order chi connectivity index (χ1) is 8.03. The Hall–Kier alpha value is -1.30. The number of carbonyl (C=O) groups is 1. The van der Waals surface area contributed by atoms with Crippen LogP contribution in [0.25, 0.3) is 0 Å². The van der Waals surface area contributed by atoms with Gasteiger partial charge in [-0.05, 0) is 12.8 Å². The van der Waals surface area contributed by atoms with Crippen molar-refractivity contribution in [1.82, 2.24) is 10.4 Å². The third kappa shape index (κ3) is 3.09. The maximum atomic E-state index is 12.3. The minimum atomic E-state index is -0.852. The van der Waals surface area contributed by atoms with Crippen LogP contribution < -0.4 is 11.2 Å². The van der Waals surface area contributed by atoms with E-state index in [4.69, 9.17) is 10.9 Å². The Morgan fingerprint density at radius 2 is 1.82 bits per heavy atom. The van der Waals surface area contributed by atoms with Gasteiger partial charge in [-0.2, -0.15) is 0 Å². The van der Waals surface area contributed by atoms with Crippen molar-refractivity contribution in [1.29, 1.82) is 0 Å². The summed E-state index contributed by atoms with van der Waals surface area (Å²) in [5, 5.41) is 13.5. The monoisotopic (exact) mass is 242 g/mol. The summed E-state index contributed by atoms with van der Waals surface area (Å²) in [6.07, 6.45) is 5.32. The van der Waals surface area contributed by atoms with Crippen molar-refractivity contribution in [2.45, 2.75) is 38.5 Å². The summed E-state index contributed by atoms with van der Waals surface area (Å²) in [5.41, 5.74) is 7.62. The number of nitrogens with one attached hydrogen (secondary N) is 1. The van der Waals surface area contributed by atoms with Gasteiger partial charge in [0, 0.05) is 14.1 Å². The van der Waals surface area contributed by atoms with Crippen LogP contribution in [0.4, 0.5) is 0 Å². The van der Waals surface area contributed by atoms with E-state index in [-0.39, 0.29) is 11.7 Å². The molecular weight excluding hydrogens is 220 g/mol. The lowest BCUT2D eigenvalue weighted by Gasteiger charge is -2.31. The molecular formula is C11H22N4O2. The number of oxime groups is 1. The van der Waals surface area contributed by atoms with E-state index in [9.17, 15) is 4.79 Å². The summed E-state index contributed by atoms with van der Waals surface area (Å²) in [6, 6.07) is 0. The molecule has 0 aromatic rings. The predicted octanol–water partition coefficient (Wildman–Crippen LogP) is 0.666. The molecule has 0 unspecified atom stereocenters. The Kier molecular flexibility index (Phi) is 4.74. The number of amides is 1. The minimum Gasteiger partial charge on any atom is -0.409 e. The summed E-state index contributed by atoms with van der Waals surface area (Å²) >= 11 is 0. The Bertz CT molecular complexity index is 294. The maximum Gasteiger partial charge on any atom is 0.248 e. The molecule has 0 spiro atoms. The molecule has 0 aromatic heterocycles. The number of rotatable bonds is 3. The van der Waals surface area contributed by atoms with Crippen LogP contribution in [0.5, 0.6) is 0 Å². The number of nitrogens with zero attached hydrogens (tertiary/aromatic N) is 2. The largest absolute Gasteiger partial charge is 0.409 e. The highest BCUT2D eigenvalue weighted by Gasteiger charge is 2.43. The van der Waals surface area contributed by atoms with Gasteiger partial charge < -0.3 is 10.9 Å². The summed E-state index contributed by atoms with van der Waals surface area (Å²) in [7, 11) is 3.49. The first-order valence-electron chi connectivity index (χ1n) is 5.99. The van der Waals surface area contributed by atoms with E-state index in [1.54, 1.807) is 19.1 Å². The summed E-state index contributed by atoms with van der Waals surface area (Å²) in [6.45, 7) is 0. The Labute approximate surface area is 102 Å². The van der Waals surface area contributed by atoms with Crippen LogP contribution >= 0.6 is 0 Å². The second-order valence-electron chi connectivity index (χ2n) is 4.82. The topological polar surface area (TPSA) is 91.0 Å². The van der Waals surface area contributed by atoms with Crippen LogP contribution in [0, 0.1) is 5.41 Å². The van der Waals surface area contributed by atoms with E-state index in [1.165, 1.54) is 0 Å². The van der Waals surface area contributed by atoms with E-state index in [2.05, 4.69) is 10.6 Å². The second-order valence-corrected chi connectivity index (χ2v) is 4.82. The molecule has 4 N–H and O–H groups in total. The van der Waals surface area contributed by atoms with Crippen LogP contribution in [-0.2, 0) is 4.79 Å². The fourth-order valence-corrected chi connectivity index (χ4v) is 2.34. The molecule has 1 aliphatic carbocycles. The Balaban J connectivity index is 2.95. The van der Waals surface area contributed by atoms with Gasteiger partial charge in [-0.15, -0.1) is 0 Å². The molecule has 1 fully saturated rings. The average molecular weight is 242 g/mol. The lowest BCUT2D eigenvalue weighted by atomic mass is 9.78. The van der Waals surface area contributed by atoms with Crippen LogP contribution in [0.1, 0.15) is 38.5 Å². The van der Waals surface area contributed by atoms with Crippen molar-refractivity contribution in [3.05, 3.63) is 0 Å². The van der Waals surface area contributed by atoms with Gasteiger partial charge in [-0.25, -0.2) is 5.01 Å². The van der Waals surface area contributed by atoms with Crippen molar-refractivity contribution < 1.29 is 10.0 Å². The zero-order chi connectivity index (χ0) is 12.9. The van der Waals surface area contributed by atoms with E-state index < -0.39 is 5.41 Å². The van der Waals surface area contributed by atoms with Gasteiger partial charge in [-0.1, -0.05) is 30.8 Å². The van der Waals surface area contributed by atoms with E-state index in [0.29, 0.717) is 12.8 Å². The minimum absolute atomic E-state index is 0.0266. The fourth-order valence-electron chi connectivity index (χ4n) is 2.34. The van der Waals surface area contributed by atoms with Crippen LogP contribution in [0.15, 0.2) is 5.16 Å². The summed E-state index contributed by atoms with van der Waals surface area (Å²) < 4.78 is 0. The van der Waals surface area contributed by atoms with Crippen LogP contribution in [0.2, 0.25) is 0 Å². The SMILES string of the molecule is CN(C)NC(=O)C1(C(N)=NO)CCCCCC1. The molecule has 0 atom stereocenters. The molecule has 98 valence electrons. The molecule has 0 radical (unpaired) electrons. The third-order valence-corrected chi connectivity index (χ3v) is 3.31. The van der Waals surface area contributed by atoms with Crippen molar-refractivity contribution in [2.75, 3.05) is 14.1 Å².